The maximum Gasteiger partial charge on any atom is 0.258 e. The van der Waals surface area contributed by atoms with Gasteiger partial charge in [-0.3, -0.25) is 4.79 Å². The molecule has 0 aromatic heterocycles. The van der Waals surface area contributed by atoms with Crippen LogP contribution in [0.3, 0.4) is 0 Å². The Kier molecular flexibility index (Phi) is 6.51. The van der Waals surface area contributed by atoms with E-state index < -0.39 is 0 Å². The van der Waals surface area contributed by atoms with Crippen LogP contribution in [0.5, 0.6) is 23.0 Å². The molecule has 6 heteroatoms. The zero-order valence-corrected chi connectivity index (χ0v) is 14.9. The molecule has 25 heavy (non-hydrogen) atoms. The van der Waals surface area contributed by atoms with Gasteiger partial charge in [-0.05, 0) is 49.4 Å². The average Bonchev–Trinajstić information content (AvgIpc) is 2.66. The number of carbonyl (C=O) groups excluding carboxylic acids is 1. The van der Waals surface area contributed by atoms with Gasteiger partial charge in [-0.1, -0.05) is 0 Å². The Hall–Kier alpha value is -2.89. The molecule has 0 spiro atoms. The lowest BCUT2D eigenvalue weighted by molar-refractivity contribution is -0.123. The zero-order chi connectivity index (χ0) is 18.2. The Morgan fingerprint density at radius 2 is 1.52 bits per heavy atom. The zero-order valence-electron chi connectivity index (χ0n) is 14.9. The van der Waals surface area contributed by atoms with Crippen LogP contribution in [0.4, 0.5) is 0 Å². The summed E-state index contributed by atoms with van der Waals surface area (Å²) in [5.74, 6) is 2.49. The second kappa shape index (κ2) is 8.82. The van der Waals surface area contributed by atoms with Gasteiger partial charge in [-0.2, -0.15) is 0 Å². The molecular formula is C19H23NO5. The molecule has 134 valence electrons. The summed E-state index contributed by atoms with van der Waals surface area (Å²) >= 11 is 0. The lowest BCUT2D eigenvalue weighted by atomic mass is 10.1. The molecule has 0 aliphatic carbocycles. The van der Waals surface area contributed by atoms with E-state index in [0.717, 1.165) is 11.3 Å². The summed E-state index contributed by atoms with van der Waals surface area (Å²) in [5, 5.41) is 2.89. The number of hydrogen-bond donors (Lipinski definition) is 1. The topological polar surface area (TPSA) is 66.0 Å². The highest BCUT2D eigenvalue weighted by Gasteiger charge is 2.15. The second-order valence-corrected chi connectivity index (χ2v) is 5.36. The first kappa shape index (κ1) is 18.4. The number of carbonyl (C=O) groups is 1. The SMILES string of the molecule is COc1ccc(OCC(=O)NC(C)c2cc(OC)ccc2OC)cc1. The number of amides is 1. The molecule has 1 amide bonds. The van der Waals surface area contributed by atoms with Crippen LogP contribution in [0.25, 0.3) is 0 Å². The maximum atomic E-state index is 12.1. The molecule has 0 heterocycles. The maximum absolute atomic E-state index is 12.1. The van der Waals surface area contributed by atoms with E-state index in [1.54, 1.807) is 45.6 Å². The van der Waals surface area contributed by atoms with E-state index in [4.69, 9.17) is 18.9 Å². The fourth-order valence-corrected chi connectivity index (χ4v) is 2.36. The Bertz CT molecular complexity index is 699. The number of nitrogens with one attached hydrogen (secondary N) is 1. The Morgan fingerprint density at radius 3 is 2.12 bits per heavy atom. The number of methoxy groups -OCH3 is 3. The highest BCUT2D eigenvalue weighted by atomic mass is 16.5. The molecule has 0 aliphatic heterocycles. The summed E-state index contributed by atoms with van der Waals surface area (Å²) in [6, 6.07) is 12.3. The van der Waals surface area contributed by atoms with E-state index in [9.17, 15) is 4.79 Å². The van der Waals surface area contributed by atoms with Crippen LogP contribution in [-0.2, 0) is 4.79 Å². The van der Waals surface area contributed by atoms with Gasteiger partial charge in [0.15, 0.2) is 6.61 Å². The second-order valence-electron chi connectivity index (χ2n) is 5.36. The summed E-state index contributed by atoms with van der Waals surface area (Å²) in [6.07, 6.45) is 0. The monoisotopic (exact) mass is 345 g/mol. The number of hydrogen-bond acceptors (Lipinski definition) is 5. The molecule has 0 radical (unpaired) electrons. The minimum atomic E-state index is -0.253. The fourth-order valence-electron chi connectivity index (χ4n) is 2.36. The fraction of sp³-hybridized carbons (Fsp3) is 0.316. The smallest absolute Gasteiger partial charge is 0.258 e. The van der Waals surface area contributed by atoms with Crippen molar-refractivity contribution in [2.75, 3.05) is 27.9 Å². The van der Waals surface area contributed by atoms with Gasteiger partial charge < -0.3 is 24.3 Å². The van der Waals surface area contributed by atoms with Gasteiger partial charge >= 0.3 is 0 Å². The van der Waals surface area contributed by atoms with Crippen molar-refractivity contribution in [1.82, 2.24) is 5.32 Å². The van der Waals surface area contributed by atoms with Crippen molar-refractivity contribution >= 4 is 5.91 Å². The van der Waals surface area contributed by atoms with Crippen molar-refractivity contribution in [1.29, 1.82) is 0 Å². The van der Waals surface area contributed by atoms with E-state index in [1.165, 1.54) is 0 Å². The molecule has 0 saturated carbocycles. The van der Waals surface area contributed by atoms with E-state index in [0.29, 0.717) is 17.2 Å². The average molecular weight is 345 g/mol. The van der Waals surface area contributed by atoms with Crippen molar-refractivity contribution < 1.29 is 23.7 Å². The summed E-state index contributed by atoms with van der Waals surface area (Å²) in [5.41, 5.74) is 0.833. The number of benzene rings is 2. The minimum absolute atomic E-state index is 0.0804. The molecule has 2 aromatic rings. The highest BCUT2D eigenvalue weighted by Crippen LogP contribution is 2.29. The van der Waals surface area contributed by atoms with Crippen LogP contribution in [0.2, 0.25) is 0 Å². The summed E-state index contributed by atoms with van der Waals surface area (Å²) in [4.78, 5) is 12.1. The predicted octanol–water partition coefficient (Wildman–Crippen LogP) is 2.97. The van der Waals surface area contributed by atoms with Crippen LogP contribution in [0.1, 0.15) is 18.5 Å². The standard InChI is InChI=1S/C19H23NO5/c1-13(17-11-16(23-3)9-10-18(17)24-4)20-19(21)12-25-15-7-5-14(22-2)6-8-15/h5-11,13H,12H2,1-4H3,(H,20,21). The summed E-state index contributed by atoms with van der Waals surface area (Å²) < 4.78 is 21.1. The number of rotatable bonds is 8. The molecule has 0 bridgehead atoms. The van der Waals surface area contributed by atoms with Crippen LogP contribution in [-0.4, -0.2) is 33.8 Å². The molecule has 2 rings (SSSR count). The third-order valence-corrected chi connectivity index (χ3v) is 3.71. The van der Waals surface area contributed by atoms with E-state index in [1.807, 2.05) is 25.1 Å². The molecule has 0 aliphatic rings. The van der Waals surface area contributed by atoms with Crippen molar-refractivity contribution in [3.8, 4) is 23.0 Å². The quantitative estimate of drug-likeness (QED) is 0.797. The van der Waals surface area contributed by atoms with Crippen LogP contribution < -0.4 is 24.3 Å². The van der Waals surface area contributed by atoms with E-state index in [2.05, 4.69) is 5.32 Å². The molecule has 2 aromatic carbocycles. The third kappa shape index (κ3) is 5.04. The van der Waals surface area contributed by atoms with Crippen LogP contribution in [0.15, 0.2) is 42.5 Å². The molecule has 0 fully saturated rings. The van der Waals surface area contributed by atoms with Gasteiger partial charge in [0, 0.05) is 5.56 Å². The van der Waals surface area contributed by atoms with Crippen LogP contribution in [0, 0.1) is 0 Å². The first-order valence-electron chi connectivity index (χ1n) is 7.85. The summed E-state index contributed by atoms with van der Waals surface area (Å²) in [7, 11) is 4.78. The Morgan fingerprint density at radius 1 is 0.920 bits per heavy atom. The first-order valence-corrected chi connectivity index (χ1v) is 7.85. The number of ether oxygens (including phenoxy) is 4. The van der Waals surface area contributed by atoms with Gasteiger partial charge in [0.2, 0.25) is 0 Å². The molecule has 6 nitrogen and oxygen atoms in total. The van der Waals surface area contributed by atoms with Gasteiger partial charge in [0.25, 0.3) is 5.91 Å². The molecule has 1 N–H and O–H groups in total. The van der Waals surface area contributed by atoms with Gasteiger partial charge in [-0.25, -0.2) is 0 Å². The van der Waals surface area contributed by atoms with E-state index >= 15 is 0 Å². The third-order valence-electron chi connectivity index (χ3n) is 3.71. The Balaban J connectivity index is 1.95. The predicted molar refractivity (Wildman–Crippen MR) is 94.6 cm³/mol. The Labute approximate surface area is 147 Å². The molecular weight excluding hydrogens is 322 g/mol. The summed E-state index contributed by atoms with van der Waals surface area (Å²) in [6.45, 7) is 1.80. The van der Waals surface area contributed by atoms with E-state index in [-0.39, 0.29) is 18.6 Å². The lowest BCUT2D eigenvalue weighted by Crippen LogP contribution is -2.31. The molecule has 0 saturated heterocycles. The minimum Gasteiger partial charge on any atom is -0.497 e. The van der Waals surface area contributed by atoms with Crippen molar-refractivity contribution in [3.63, 3.8) is 0 Å². The van der Waals surface area contributed by atoms with Gasteiger partial charge in [0.1, 0.15) is 23.0 Å². The van der Waals surface area contributed by atoms with Crippen molar-refractivity contribution in [2.24, 2.45) is 0 Å². The highest BCUT2D eigenvalue weighted by molar-refractivity contribution is 5.78. The molecule has 1 unspecified atom stereocenters. The lowest BCUT2D eigenvalue weighted by Gasteiger charge is -2.18. The first-order chi connectivity index (χ1) is 12.1. The van der Waals surface area contributed by atoms with Gasteiger partial charge in [0.05, 0.1) is 27.4 Å². The largest absolute Gasteiger partial charge is 0.497 e. The van der Waals surface area contributed by atoms with Crippen molar-refractivity contribution in [2.45, 2.75) is 13.0 Å². The normalized spacial score (nSPS) is 11.4. The van der Waals surface area contributed by atoms with Gasteiger partial charge in [-0.15, -0.1) is 0 Å². The van der Waals surface area contributed by atoms with Crippen LogP contribution >= 0.6 is 0 Å². The van der Waals surface area contributed by atoms with Crippen molar-refractivity contribution in [3.05, 3.63) is 48.0 Å². The molecule has 1 atom stereocenters.